The Kier molecular flexibility index (Phi) is 4.24. The van der Waals surface area contributed by atoms with Crippen molar-refractivity contribution in [1.29, 1.82) is 5.26 Å². The molecule has 0 aliphatic rings. The van der Waals surface area contributed by atoms with Crippen molar-refractivity contribution in [2.75, 3.05) is 5.32 Å². The van der Waals surface area contributed by atoms with Gasteiger partial charge >= 0.3 is 0 Å². The summed E-state index contributed by atoms with van der Waals surface area (Å²) < 4.78 is 2.02. The van der Waals surface area contributed by atoms with Crippen LogP contribution < -0.4 is 5.32 Å². The predicted octanol–water partition coefficient (Wildman–Crippen LogP) is 5.71. The molecule has 5 heteroatoms. The van der Waals surface area contributed by atoms with Crippen molar-refractivity contribution in [3.8, 4) is 6.07 Å². The van der Waals surface area contributed by atoms with Crippen LogP contribution in [-0.2, 0) is 6.42 Å². The summed E-state index contributed by atoms with van der Waals surface area (Å²) in [6.07, 6.45) is 1.80. The van der Waals surface area contributed by atoms with Gasteiger partial charge in [0.2, 0.25) is 0 Å². The summed E-state index contributed by atoms with van der Waals surface area (Å²) in [7, 11) is 0. The number of fused-ring (bicyclic) bond motifs is 3. The van der Waals surface area contributed by atoms with Crippen molar-refractivity contribution in [2.45, 2.75) is 19.8 Å². The Morgan fingerprint density at radius 2 is 1.92 bits per heavy atom. The van der Waals surface area contributed by atoms with Crippen molar-refractivity contribution in [3.63, 3.8) is 0 Å². The highest BCUT2D eigenvalue weighted by atomic mass is 35.5. The van der Waals surface area contributed by atoms with Crippen LogP contribution in [0.1, 0.15) is 24.5 Å². The number of nitrogens with one attached hydrogen (secondary N) is 1. The number of halogens is 1. The second-order valence-corrected chi connectivity index (χ2v) is 6.62. The molecule has 0 saturated heterocycles. The molecule has 0 saturated carbocycles. The van der Waals surface area contributed by atoms with Gasteiger partial charge in [-0.2, -0.15) is 5.26 Å². The monoisotopic (exact) mass is 360 g/mol. The standard InChI is InChI=1S/C21H17ClN4/c1-2-5-14-12-20(24-16-10-8-15(22)9-11-16)26-19-7-4-3-6-18(19)25-21(26)17(14)13-23/h3-4,6-12,24H,2,5H2,1H3. The number of rotatable bonds is 4. The minimum atomic E-state index is 0.643. The van der Waals surface area contributed by atoms with Crippen molar-refractivity contribution in [3.05, 3.63) is 70.7 Å². The minimum Gasteiger partial charge on any atom is -0.341 e. The molecule has 0 aliphatic carbocycles. The van der Waals surface area contributed by atoms with Gasteiger partial charge in [-0.1, -0.05) is 37.1 Å². The van der Waals surface area contributed by atoms with Crippen LogP contribution in [0.15, 0.2) is 54.6 Å². The lowest BCUT2D eigenvalue weighted by molar-refractivity contribution is 0.915. The Balaban J connectivity index is 2.00. The molecule has 0 unspecified atom stereocenters. The van der Waals surface area contributed by atoms with Gasteiger partial charge in [-0.25, -0.2) is 4.98 Å². The molecule has 1 N–H and O–H groups in total. The number of benzene rings is 2. The van der Waals surface area contributed by atoms with Crippen LogP contribution in [0.5, 0.6) is 0 Å². The molecule has 0 spiro atoms. The van der Waals surface area contributed by atoms with E-state index in [-0.39, 0.29) is 0 Å². The zero-order valence-electron chi connectivity index (χ0n) is 14.3. The number of nitrogens with zero attached hydrogens (tertiary/aromatic N) is 3. The number of para-hydroxylation sites is 2. The summed E-state index contributed by atoms with van der Waals surface area (Å²) in [6.45, 7) is 2.11. The van der Waals surface area contributed by atoms with Gasteiger partial charge < -0.3 is 5.32 Å². The first-order valence-corrected chi connectivity index (χ1v) is 8.95. The molecule has 4 nitrogen and oxygen atoms in total. The van der Waals surface area contributed by atoms with E-state index in [2.05, 4.69) is 24.4 Å². The highest BCUT2D eigenvalue weighted by Gasteiger charge is 2.16. The maximum atomic E-state index is 9.74. The van der Waals surface area contributed by atoms with Crippen molar-refractivity contribution in [2.24, 2.45) is 0 Å². The molecule has 26 heavy (non-hydrogen) atoms. The third-order valence-electron chi connectivity index (χ3n) is 4.41. The number of nitriles is 1. The maximum absolute atomic E-state index is 9.74. The number of aryl methyl sites for hydroxylation is 1. The van der Waals surface area contributed by atoms with Gasteiger partial charge in [-0.05, 0) is 54.4 Å². The zero-order chi connectivity index (χ0) is 18.1. The van der Waals surface area contributed by atoms with Gasteiger partial charge in [0.1, 0.15) is 11.9 Å². The van der Waals surface area contributed by atoms with Crippen molar-refractivity contribution < 1.29 is 0 Å². The summed E-state index contributed by atoms with van der Waals surface area (Å²) in [6, 6.07) is 19.9. The largest absolute Gasteiger partial charge is 0.341 e. The lowest BCUT2D eigenvalue weighted by Crippen LogP contribution is -2.03. The van der Waals surface area contributed by atoms with Crippen molar-refractivity contribution >= 4 is 39.8 Å². The van der Waals surface area contributed by atoms with Gasteiger partial charge in [-0.15, -0.1) is 0 Å². The van der Waals surface area contributed by atoms with Gasteiger partial charge in [0.15, 0.2) is 5.65 Å². The summed E-state index contributed by atoms with van der Waals surface area (Å²) in [5.41, 5.74) is 5.12. The average Bonchev–Trinajstić information content (AvgIpc) is 3.03. The molecule has 0 fully saturated rings. The fourth-order valence-electron chi connectivity index (χ4n) is 3.24. The molecular weight excluding hydrogens is 344 g/mol. The molecular formula is C21H17ClN4. The van der Waals surface area contributed by atoms with Crippen LogP contribution in [0.4, 0.5) is 11.5 Å². The Hall–Kier alpha value is -3.03. The third kappa shape index (κ3) is 2.77. The van der Waals surface area contributed by atoms with Crippen LogP contribution in [0.3, 0.4) is 0 Å². The quantitative estimate of drug-likeness (QED) is 0.507. The zero-order valence-corrected chi connectivity index (χ0v) is 15.1. The SMILES string of the molecule is CCCc1cc(Nc2ccc(Cl)cc2)n2c(nc3ccccc32)c1C#N. The Morgan fingerprint density at radius 3 is 2.65 bits per heavy atom. The molecule has 0 amide bonds. The van der Waals surface area contributed by atoms with Gasteiger partial charge in [-0.3, -0.25) is 4.40 Å². The molecule has 2 heterocycles. The van der Waals surface area contributed by atoms with Crippen molar-refractivity contribution in [1.82, 2.24) is 9.38 Å². The molecule has 2 aromatic carbocycles. The van der Waals surface area contributed by atoms with E-state index < -0.39 is 0 Å². The number of imidazole rings is 1. The van der Waals surface area contributed by atoms with E-state index in [4.69, 9.17) is 16.6 Å². The number of hydrogen-bond acceptors (Lipinski definition) is 3. The fourth-order valence-corrected chi connectivity index (χ4v) is 3.37. The predicted molar refractivity (Wildman–Crippen MR) is 106 cm³/mol. The summed E-state index contributed by atoms with van der Waals surface area (Å²) >= 11 is 6.00. The van der Waals surface area contributed by atoms with Crippen LogP contribution in [0.25, 0.3) is 16.7 Å². The first-order valence-electron chi connectivity index (χ1n) is 8.57. The first-order chi connectivity index (χ1) is 12.7. The molecule has 0 aliphatic heterocycles. The summed E-state index contributed by atoms with van der Waals surface area (Å²) in [5, 5.41) is 13.9. The normalized spacial score (nSPS) is 11.0. The lowest BCUT2D eigenvalue weighted by atomic mass is 10.1. The first kappa shape index (κ1) is 16.4. The maximum Gasteiger partial charge on any atom is 0.157 e. The van der Waals surface area contributed by atoms with Gasteiger partial charge in [0.05, 0.1) is 16.6 Å². The van der Waals surface area contributed by atoms with E-state index in [0.29, 0.717) is 16.2 Å². The van der Waals surface area contributed by atoms with E-state index in [1.807, 2.05) is 52.9 Å². The average molecular weight is 361 g/mol. The molecule has 4 rings (SSSR count). The Bertz CT molecular complexity index is 1140. The van der Waals surface area contributed by atoms with E-state index in [0.717, 1.165) is 40.9 Å². The second-order valence-electron chi connectivity index (χ2n) is 6.18. The summed E-state index contributed by atoms with van der Waals surface area (Å²) in [4.78, 5) is 4.72. The van der Waals surface area contributed by atoms with Gasteiger partial charge in [0.25, 0.3) is 0 Å². The topological polar surface area (TPSA) is 53.1 Å². The van der Waals surface area contributed by atoms with E-state index in [9.17, 15) is 5.26 Å². The third-order valence-corrected chi connectivity index (χ3v) is 4.66. The van der Waals surface area contributed by atoms with Crippen LogP contribution >= 0.6 is 11.6 Å². The number of anilines is 2. The number of aromatic nitrogens is 2. The van der Waals surface area contributed by atoms with Gasteiger partial charge in [0, 0.05) is 10.7 Å². The Morgan fingerprint density at radius 1 is 1.15 bits per heavy atom. The number of pyridine rings is 1. The second kappa shape index (κ2) is 6.70. The summed E-state index contributed by atoms with van der Waals surface area (Å²) in [5.74, 6) is 0.887. The molecule has 0 atom stereocenters. The lowest BCUT2D eigenvalue weighted by Gasteiger charge is -2.14. The molecule has 4 aromatic rings. The molecule has 0 bridgehead atoms. The Labute approximate surface area is 156 Å². The van der Waals surface area contributed by atoms with Crippen LogP contribution in [0.2, 0.25) is 5.02 Å². The minimum absolute atomic E-state index is 0.643. The van der Waals surface area contributed by atoms with Crippen LogP contribution in [0, 0.1) is 11.3 Å². The molecule has 0 radical (unpaired) electrons. The highest BCUT2D eigenvalue weighted by molar-refractivity contribution is 6.30. The van der Waals surface area contributed by atoms with Crippen LogP contribution in [-0.4, -0.2) is 9.38 Å². The molecule has 128 valence electrons. The van der Waals surface area contributed by atoms with E-state index in [1.54, 1.807) is 0 Å². The fraction of sp³-hybridized carbons (Fsp3) is 0.143. The molecule has 2 aromatic heterocycles. The number of hydrogen-bond donors (Lipinski definition) is 1. The van der Waals surface area contributed by atoms with E-state index in [1.165, 1.54) is 0 Å². The smallest absolute Gasteiger partial charge is 0.157 e. The van der Waals surface area contributed by atoms with E-state index >= 15 is 0 Å². The highest BCUT2D eigenvalue weighted by Crippen LogP contribution is 2.29.